The van der Waals surface area contributed by atoms with E-state index in [2.05, 4.69) is 10.1 Å². The molecule has 2 aromatic heterocycles. The number of nitrogens with one attached hydrogen (secondary N) is 1. The second-order valence-electron chi connectivity index (χ2n) is 5.99. The predicted octanol–water partition coefficient (Wildman–Crippen LogP) is 2.62. The number of pyridine rings is 1. The number of nitrogens with zero attached hydrogens (tertiary/aromatic N) is 3. The van der Waals surface area contributed by atoms with Gasteiger partial charge in [0.05, 0.1) is 28.3 Å². The van der Waals surface area contributed by atoms with Crippen LogP contribution in [0, 0.1) is 6.92 Å². The molecule has 0 aliphatic carbocycles. The molecule has 2 N–H and O–H groups in total. The van der Waals surface area contributed by atoms with Gasteiger partial charge >= 0.3 is 0 Å². The summed E-state index contributed by atoms with van der Waals surface area (Å²) in [5.41, 5.74) is 1.63. The number of aromatic nitrogens is 3. The summed E-state index contributed by atoms with van der Waals surface area (Å²) < 4.78 is 1.76. The Labute approximate surface area is 144 Å². The first-order valence-corrected chi connectivity index (χ1v) is 8.00. The van der Waals surface area contributed by atoms with Gasteiger partial charge in [-0.15, -0.1) is 0 Å². The van der Waals surface area contributed by atoms with Gasteiger partial charge in [-0.3, -0.25) is 4.79 Å². The van der Waals surface area contributed by atoms with E-state index in [1.165, 1.54) is 0 Å². The lowest BCUT2D eigenvalue weighted by Gasteiger charge is -2.11. The third-order valence-electron chi connectivity index (χ3n) is 3.95. The van der Waals surface area contributed by atoms with Crippen LogP contribution in [-0.2, 0) is 6.54 Å². The van der Waals surface area contributed by atoms with Crippen molar-refractivity contribution in [3.63, 3.8) is 0 Å². The van der Waals surface area contributed by atoms with Gasteiger partial charge < -0.3 is 15.0 Å². The Hall–Kier alpha value is -2.31. The highest BCUT2D eigenvalue weighted by Gasteiger charge is 2.19. The maximum Gasteiger partial charge on any atom is 0.235 e. The van der Waals surface area contributed by atoms with Crippen molar-refractivity contribution in [1.82, 2.24) is 19.7 Å². The smallest absolute Gasteiger partial charge is 0.235 e. The van der Waals surface area contributed by atoms with Crippen molar-refractivity contribution in [2.75, 3.05) is 20.6 Å². The summed E-state index contributed by atoms with van der Waals surface area (Å²) in [6, 6.07) is 7.07. The molecule has 3 rings (SSSR count). The van der Waals surface area contributed by atoms with E-state index in [1.807, 2.05) is 19.0 Å². The van der Waals surface area contributed by atoms with Crippen molar-refractivity contribution in [2.45, 2.75) is 13.5 Å². The van der Waals surface area contributed by atoms with E-state index in [-0.39, 0.29) is 5.75 Å². The number of H-pyrrole nitrogens is 1. The highest BCUT2D eigenvalue weighted by Crippen LogP contribution is 2.32. The maximum absolute atomic E-state index is 12.6. The van der Waals surface area contributed by atoms with Gasteiger partial charge in [0, 0.05) is 12.1 Å². The van der Waals surface area contributed by atoms with Gasteiger partial charge in [-0.2, -0.15) is 5.10 Å². The van der Waals surface area contributed by atoms with Crippen molar-refractivity contribution in [3.8, 4) is 17.0 Å². The average Bonchev–Trinajstić information content (AvgIpc) is 2.85. The van der Waals surface area contributed by atoms with Crippen molar-refractivity contribution >= 4 is 22.6 Å². The van der Waals surface area contributed by atoms with E-state index >= 15 is 0 Å². The second-order valence-corrected chi connectivity index (χ2v) is 6.40. The molecule has 3 aromatic rings. The monoisotopic (exact) mass is 346 g/mol. The van der Waals surface area contributed by atoms with E-state index in [9.17, 15) is 9.90 Å². The quantitative estimate of drug-likeness (QED) is 0.761. The Balaban J connectivity index is 2.26. The molecule has 0 saturated carbocycles. The van der Waals surface area contributed by atoms with Gasteiger partial charge in [-0.1, -0.05) is 29.8 Å². The summed E-state index contributed by atoms with van der Waals surface area (Å²) in [4.78, 5) is 17.8. The Kier molecular flexibility index (Phi) is 4.34. The molecule has 0 aliphatic heterocycles. The molecular weight excluding hydrogens is 328 g/mol. The number of aromatic hydroxyl groups is 1. The Morgan fingerprint density at radius 1 is 1.33 bits per heavy atom. The SMILES string of the molecule is Cc1nn(CCN(C)C)c2[nH]c(-c3ccccc3Cl)c(O)c(=O)c12. The summed E-state index contributed by atoms with van der Waals surface area (Å²) in [7, 11) is 3.95. The number of hydrogen-bond donors (Lipinski definition) is 2. The van der Waals surface area contributed by atoms with Gasteiger partial charge in [0.15, 0.2) is 5.75 Å². The van der Waals surface area contributed by atoms with Crippen LogP contribution in [0.3, 0.4) is 0 Å². The Morgan fingerprint density at radius 2 is 2.04 bits per heavy atom. The lowest BCUT2D eigenvalue weighted by Crippen LogP contribution is -2.19. The van der Waals surface area contributed by atoms with E-state index in [4.69, 9.17) is 11.6 Å². The molecule has 0 saturated heterocycles. The number of rotatable bonds is 4. The molecular formula is C17H19ClN4O2. The molecule has 0 radical (unpaired) electrons. The summed E-state index contributed by atoms with van der Waals surface area (Å²) >= 11 is 6.22. The zero-order valence-electron chi connectivity index (χ0n) is 13.8. The van der Waals surface area contributed by atoms with E-state index < -0.39 is 5.43 Å². The summed E-state index contributed by atoms with van der Waals surface area (Å²) in [5.74, 6) is -0.342. The zero-order chi connectivity index (χ0) is 17.4. The van der Waals surface area contributed by atoms with Gasteiger partial charge in [-0.25, -0.2) is 4.68 Å². The molecule has 1 aromatic carbocycles. The standard InChI is InChI=1S/C17H19ClN4O2/c1-10-13-15(23)16(24)14(11-6-4-5-7-12(11)18)19-17(13)22(20-10)9-8-21(2)3/h4-7,24H,8-9H2,1-3H3,(H,19,23). The molecule has 24 heavy (non-hydrogen) atoms. The Morgan fingerprint density at radius 3 is 2.71 bits per heavy atom. The number of benzene rings is 1. The van der Waals surface area contributed by atoms with Crippen molar-refractivity contribution in [1.29, 1.82) is 0 Å². The van der Waals surface area contributed by atoms with Crippen molar-refractivity contribution in [2.24, 2.45) is 0 Å². The van der Waals surface area contributed by atoms with Crippen LogP contribution in [0.4, 0.5) is 0 Å². The zero-order valence-corrected chi connectivity index (χ0v) is 14.6. The molecule has 7 heteroatoms. The predicted molar refractivity (Wildman–Crippen MR) is 95.8 cm³/mol. The molecule has 0 bridgehead atoms. The number of halogens is 1. The van der Waals surface area contributed by atoms with Gasteiger partial charge in [-0.05, 0) is 27.1 Å². The van der Waals surface area contributed by atoms with Crippen LogP contribution in [0.5, 0.6) is 5.75 Å². The summed E-state index contributed by atoms with van der Waals surface area (Å²) in [5, 5.41) is 15.7. The Bertz CT molecular complexity index is 959. The minimum Gasteiger partial charge on any atom is -0.503 e. The molecule has 0 amide bonds. The summed E-state index contributed by atoms with van der Waals surface area (Å²) in [6.07, 6.45) is 0. The number of likely N-dealkylation sites (N-methyl/N-ethyl adjacent to an activating group) is 1. The van der Waals surface area contributed by atoms with Crippen LogP contribution in [0.25, 0.3) is 22.3 Å². The molecule has 0 atom stereocenters. The van der Waals surface area contributed by atoms with Crippen LogP contribution in [0.1, 0.15) is 5.69 Å². The van der Waals surface area contributed by atoms with E-state index in [0.29, 0.717) is 39.6 Å². The summed E-state index contributed by atoms with van der Waals surface area (Å²) in [6.45, 7) is 3.17. The van der Waals surface area contributed by atoms with E-state index in [0.717, 1.165) is 6.54 Å². The number of fused-ring (bicyclic) bond motifs is 1. The fourth-order valence-corrected chi connectivity index (χ4v) is 2.94. The van der Waals surface area contributed by atoms with Crippen LogP contribution in [0.15, 0.2) is 29.1 Å². The first-order valence-electron chi connectivity index (χ1n) is 7.62. The van der Waals surface area contributed by atoms with Gasteiger partial charge in [0.1, 0.15) is 5.65 Å². The number of hydrogen-bond acceptors (Lipinski definition) is 4. The third kappa shape index (κ3) is 2.79. The van der Waals surface area contributed by atoms with Gasteiger partial charge in [0.25, 0.3) is 0 Å². The molecule has 2 heterocycles. The lowest BCUT2D eigenvalue weighted by molar-refractivity contribution is 0.375. The van der Waals surface area contributed by atoms with E-state index in [1.54, 1.807) is 35.9 Å². The third-order valence-corrected chi connectivity index (χ3v) is 4.28. The normalized spacial score (nSPS) is 11.5. The van der Waals surface area contributed by atoms with Crippen LogP contribution >= 0.6 is 11.6 Å². The fourth-order valence-electron chi connectivity index (χ4n) is 2.71. The van der Waals surface area contributed by atoms with Crippen LogP contribution < -0.4 is 5.43 Å². The van der Waals surface area contributed by atoms with Crippen LogP contribution in [0.2, 0.25) is 5.02 Å². The fraction of sp³-hybridized carbons (Fsp3) is 0.294. The topological polar surface area (TPSA) is 74.2 Å². The highest BCUT2D eigenvalue weighted by atomic mass is 35.5. The second kappa shape index (κ2) is 6.30. The molecule has 0 fully saturated rings. The first kappa shape index (κ1) is 16.5. The maximum atomic E-state index is 12.6. The molecule has 0 unspecified atom stereocenters. The molecule has 0 aliphatic rings. The molecule has 126 valence electrons. The molecule has 0 spiro atoms. The highest BCUT2D eigenvalue weighted by molar-refractivity contribution is 6.33. The number of aryl methyl sites for hydroxylation is 1. The van der Waals surface area contributed by atoms with Crippen LogP contribution in [-0.4, -0.2) is 45.4 Å². The largest absolute Gasteiger partial charge is 0.503 e. The number of aromatic amines is 1. The lowest BCUT2D eigenvalue weighted by atomic mass is 10.1. The molecule has 6 nitrogen and oxygen atoms in total. The minimum absolute atomic E-state index is 0.309. The average molecular weight is 347 g/mol. The van der Waals surface area contributed by atoms with Crippen molar-refractivity contribution in [3.05, 3.63) is 45.2 Å². The minimum atomic E-state index is -0.438. The van der Waals surface area contributed by atoms with Gasteiger partial charge in [0.2, 0.25) is 5.43 Å². The first-order chi connectivity index (χ1) is 11.4. The van der Waals surface area contributed by atoms with Crippen molar-refractivity contribution < 1.29 is 5.11 Å².